The van der Waals surface area contributed by atoms with E-state index in [-0.39, 0.29) is 11.9 Å². The van der Waals surface area contributed by atoms with Crippen LogP contribution in [0.1, 0.15) is 6.92 Å². The van der Waals surface area contributed by atoms with Gasteiger partial charge in [-0.1, -0.05) is 12.1 Å². The number of morpholine rings is 1. The minimum atomic E-state index is -0.111. The predicted molar refractivity (Wildman–Crippen MR) is 126 cm³/mol. The monoisotopic (exact) mass is 447 g/mol. The number of carbonyl (C=O) groups is 1. The van der Waals surface area contributed by atoms with Gasteiger partial charge in [-0.2, -0.15) is 0 Å². The largest absolute Gasteiger partial charge is 0.378 e. The van der Waals surface area contributed by atoms with Crippen molar-refractivity contribution in [3.63, 3.8) is 0 Å². The van der Waals surface area contributed by atoms with Gasteiger partial charge in [0.1, 0.15) is 0 Å². The summed E-state index contributed by atoms with van der Waals surface area (Å²) in [6.45, 7) is 4.32. The lowest BCUT2D eigenvalue weighted by atomic mass is 10.1. The van der Waals surface area contributed by atoms with Gasteiger partial charge < -0.3 is 20.7 Å². The number of carbonyl (C=O) groups excluding carboxylic acids is 1. The smallest absolute Gasteiger partial charge is 0.221 e. The molecule has 1 aromatic carbocycles. The fourth-order valence-corrected chi connectivity index (χ4v) is 4.68. The van der Waals surface area contributed by atoms with E-state index in [1.807, 2.05) is 24.3 Å². The molecule has 4 aromatic rings. The van der Waals surface area contributed by atoms with Gasteiger partial charge in [0.15, 0.2) is 11.6 Å². The Hall–Kier alpha value is -3.63. The standard InChI is InChI=1S/C22H21N7O2S/c1-13(30)26-16-4-2-3-14(9-16)17-12-32-19-18(17)27-20(15-10-24-22(23)25-11-15)28-21(19)29-5-7-31-8-6-29/h2-4,9-12H,5-8H2,1H3,(H,26,30)(H2,23,24,25). The van der Waals surface area contributed by atoms with Gasteiger partial charge in [0.2, 0.25) is 11.9 Å². The van der Waals surface area contributed by atoms with Crippen LogP contribution in [0.3, 0.4) is 0 Å². The van der Waals surface area contributed by atoms with Crippen molar-refractivity contribution < 1.29 is 9.53 Å². The number of hydrogen-bond donors (Lipinski definition) is 2. The normalized spacial score (nSPS) is 14.0. The third kappa shape index (κ3) is 3.97. The molecule has 1 saturated heterocycles. The first-order valence-electron chi connectivity index (χ1n) is 10.2. The van der Waals surface area contributed by atoms with Crippen LogP contribution in [0.4, 0.5) is 17.5 Å². The van der Waals surface area contributed by atoms with Crippen LogP contribution in [0.25, 0.3) is 32.7 Å². The molecule has 4 heterocycles. The van der Waals surface area contributed by atoms with Crippen molar-refractivity contribution in [1.82, 2.24) is 19.9 Å². The highest BCUT2D eigenvalue weighted by molar-refractivity contribution is 7.18. The lowest BCUT2D eigenvalue weighted by Crippen LogP contribution is -2.36. The highest BCUT2D eigenvalue weighted by Gasteiger charge is 2.21. The lowest BCUT2D eigenvalue weighted by Gasteiger charge is -2.28. The average molecular weight is 448 g/mol. The summed E-state index contributed by atoms with van der Waals surface area (Å²) < 4.78 is 6.54. The number of rotatable bonds is 4. The molecule has 5 rings (SSSR count). The van der Waals surface area contributed by atoms with E-state index in [0.29, 0.717) is 24.6 Å². The van der Waals surface area contributed by atoms with Crippen LogP contribution in [0, 0.1) is 0 Å². The average Bonchev–Trinajstić information content (AvgIpc) is 3.23. The summed E-state index contributed by atoms with van der Waals surface area (Å²) in [4.78, 5) is 31.7. The van der Waals surface area contributed by atoms with E-state index in [1.165, 1.54) is 6.92 Å². The number of amides is 1. The van der Waals surface area contributed by atoms with Crippen molar-refractivity contribution in [2.45, 2.75) is 6.92 Å². The summed E-state index contributed by atoms with van der Waals surface area (Å²) in [7, 11) is 0. The van der Waals surface area contributed by atoms with Crippen molar-refractivity contribution in [1.29, 1.82) is 0 Å². The molecule has 162 valence electrons. The Kier molecular flexibility index (Phi) is 5.38. The second-order valence-corrected chi connectivity index (χ2v) is 8.27. The van der Waals surface area contributed by atoms with Crippen molar-refractivity contribution in [3.8, 4) is 22.5 Å². The number of fused-ring (bicyclic) bond motifs is 1. The molecule has 0 radical (unpaired) electrons. The Bertz CT molecular complexity index is 1280. The minimum Gasteiger partial charge on any atom is -0.378 e. The SMILES string of the molecule is CC(=O)Nc1cccc(-c2csc3c(N4CCOCC4)nc(-c4cnc(N)nc4)nc23)c1. The van der Waals surface area contributed by atoms with E-state index in [9.17, 15) is 4.79 Å². The summed E-state index contributed by atoms with van der Waals surface area (Å²) in [5.74, 6) is 1.50. The highest BCUT2D eigenvalue weighted by Crippen LogP contribution is 2.39. The summed E-state index contributed by atoms with van der Waals surface area (Å²) in [6, 6.07) is 7.74. The molecule has 10 heteroatoms. The first-order chi connectivity index (χ1) is 15.6. The Morgan fingerprint density at radius 1 is 1.16 bits per heavy atom. The molecule has 0 atom stereocenters. The van der Waals surface area contributed by atoms with Crippen LogP contribution in [-0.2, 0) is 9.53 Å². The number of ether oxygens (including phenoxy) is 1. The van der Waals surface area contributed by atoms with E-state index in [2.05, 4.69) is 25.6 Å². The van der Waals surface area contributed by atoms with Gasteiger partial charge in [0, 0.05) is 49.0 Å². The third-order valence-corrected chi connectivity index (χ3v) is 6.10. The van der Waals surface area contributed by atoms with E-state index in [0.717, 1.165) is 45.9 Å². The van der Waals surface area contributed by atoms with E-state index < -0.39 is 0 Å². The maximum Gasteiger partial charge on any atom is 0.221 e. The number of hydrogen-bond acceptors (Lipinski definition) is 9. The summed E-state index contributed by atoms with van der Waals surface area (Å²) in [6.07, 6.45) is 3.27. The van der Waals surface area contributed by atoms with E-state index >= 15 is 0 Å². The van der Waals surface area contributed by atoms with Crippen LogP contribution < -0.4 is 16.0 Å². The number of nitrogens with two attached hydrogens (primary N) is 1. The third-order valence-electron chi connectivity index (χ3n) is 5.13. The topological polar surface area (TPSA) is 119 Å². The first-order valence-corrected chi connectivity index (χ1v) is 11.0. The second-order valence-electron chi connectivity index (χ2n) is 7.39. The number of anilines is 3. The van der Waals surface area contributed by atoms with Crippen molar-refractivity contribution in [3.05, 3.63) is 42.0 Å². The van der Waals surface area contributed by atoms with Crippen LogP contribution >= 0.6 is 11.3 Å². The predicted octanol–water partition coefficient (Wildman–Crippen LogP) is 3.19. The highest BCUT2D eigenvalue weighted by atomic mass is 32.1. The molecule has 9 nitrogen and oxygen atoms in total. The van der Waals surface area contributed by atoms with Crippen molar-refractivity contribution in [2.75, 3.05) is 42.3 Å². The molecule has 0 aliphatic carbocycles. The van der Waals surface area contributed by atoms with Gasteiger partial charge in [0.25, 0.3) is 0 Å². The zero-order valence-electron chi connectivity index (χ0n) is 17.4. The van der Waals surface area contributed by atoms with Crippen LogP contribution in [0.15, 0.2) is 42.0 Å². The summed E-state index contributed by atoms with van der Waals surface area (Å²) in [5, 5.41) is 4.92. The molecule has 1 fully saturated rings. The van der Waals surface area contributed by atoms with Crippen LogP contribution in [0.5, 0.6) is 0 Å². The fourth-order valence-electron chi connectivity index (χ4n) is 3.65. The zero-order valence-corrected chi connectivity index (χ0v) is 18.2. The van der Waals surface area contributed by atoms with Gasteiger partial charge >= 0.3 is 0 Å². The lowest BCUT2D eigenvalue weighted by molar-refractivity contribution is -0.114. The molecule has 0 unspecified atom stereocenters. The molecule has 0 saturated carbocycles. The molecule has 1 amide bonds. The molecule has 32 heavy (non-hydrogen) atoms. The molecule has 0 spiro atoms. The van der Waals surface area contributed by atoms with E-state index in [4.69, 9.17) is 20.4 Å². The van der Waals surface area contributed by atoms with Gasteiger partial charge in [-0.05, 0) is 17.7 Å². The Balaban J connectivity index is 1.68. The first kappa shape index (κ1) is 20.3. The molecule has 3 N–H and O–H groups in total. The number of aromatic nitrogens is 4. The second kappa shape index (κ2) is 8.48. The maximum atomic E-state index is 11.5. The van der Waals surface area contributed by atoms with E-state index in [1.54, 1.807) is 23.7 Å². The van der Waals surface area contributed by atoms with Gasteiger partial charge in [-0.3, -0.25) is 4.79 Å². The summed E-state index contributed by atoms with van der Waals surface area (Å²) in [5.41, 5.74) is 9.89. The van der Waals surface area contributed by atoms with Crippen LogP contribution in [-0.4, -0.2) is 52.1 Å². The summed E-state index contributed by atoms with van der Waals surface area (Å²) >= 11 is 1.61. The maximum absolute atomic E-state index is 11.5. The number of benzene rings is 1. The Labute approximate surface area is 188 Å². The number of nitrogens with zero attached hydrogens (tertiary/aromatic N) is 5. The Morgan fingerprint density at radius 3 is 2.69 bits per heavy atom. The molecule has 0 bridgehead atoms. The van der Waals surface area contributed by atoms with Crippen molar-refractivity contribution >= 4 is 44.9 Å². The molecular weight excluding hydrogens is 426 g/mol. The van der Waals surface area contributed by atoms with Gasteiger partial charge in [-0.25, -0.2) is 19.9 Å². The van der Waals surface area contributed by atoms with Crippen LogP contribution in [0.2, 0.25) is 0 Å². The zero-order chi connectivity index (χ0) is 22.1. The number of thiophene rings is 1. The van der Waals surface area contributed by atoms with Gasteiger partial charge in [0.05, 0.1) is 29.0 Å². The van der Waals surface area contributed by atoms with Crippen molar-refractivity contribution in [2.24, 2.45) is 0 Å². The minimum absolute atomic E-state index is 0.111. The quantitative estimate of drug-likeness (QED) is 0.490. The van der Waals surface area contributed by atoms with Gasteiger partial charge in [-0.15, -0.1) is 11.3 Å². The molecular formula is C22H21N7O2S. The number of nitrogen functional groups attached to an aromatic ring is 1. The molecule has 1 aliphatic rings. The molecule has 1 aliphatic heterocycles. The number of nitrogens with one attached hydrogen (secondary N) is 1. The Morgan fingerprint density at radius 2 is 1.94 bits per heavy atom. The molecule has 3 aromatic heterocycles. The fraction of sp³-hybridized carbons (Fsp3) is 0.227.